The van der Waals surface area contributed by atoms with E-state index in [4.69, 9.17) is 0 Å². The highest BCUT2D eigenvalue weighted by atomic mass is 15.1. The monoisotopic (exact) mass is 1140 g/mol. The summed E-state index contributed by atoms with van der Waals surface area (Å²) in [6.07, 6.45) is 0. The zero-order valence-electron chi connectivity index (χ0n) is 52.6. The first-order chi connectivity index (χ1) is 42.9. The molecule has 2 nitrogen and oxygen atoms in total. The summed E-state index contributed by atoms with van der Waals surface area (Å²) in [4.78, 5) is 5.00. The molecule has 0 bridgehead atoms. The maximum absolute atomic E-state index is 2.50. The molecule has 2 heteroatoms. The molecule has 17 rings (SSSR count). The highest BCUT2D eigenvalue weighted by Crippen LogP contribution is 2.57. The summed E-state index contributed by atoms with van der Waals surface area (Å²) in [5, 5.41) is 0. The van der Waals surface area contributed by atoms with Crippen LogP contribution in [-0.2, 0) is 27.1 Å². The molecule has 0 radical (unpaired) electrons. The molecule has 0 unspecified atom stereocenters. The van der Waals surface area contributed by atoms with Crippen LogP contribution in [0.2, 0.25) is 0 Å². The number of nitrogens with zero attached hydrogens (tertiary/aromatic N) is 2. The lowest BCUT2D eigenvalue weighted by molar-refractivity contribution is 0.659. The largest absolute Gasteiger partial charge is 0.310 e. The molecule has 0 heterocycles. The number of anilines is 6. The van der Waals surface area contributed by atoms with Crippen molar-refractivity contribution >= 4 is 34.1 Å². The third-order valence-electron chi connectivity index (χ3n) is 21.9. The van der Waals surface area contributed by atoms with E-state index in [9.17, 15) is 0 Å². The molecule has 0 amide bonds. The summed E-state index contributed by atoms with van der Waals surface area (Å²) in [5.41, 5.74) is 37.9. The first kappa shape index (κ1) is 53.5. The second kappa shape index (κ2) is 18.6. The number of rotatable bonds is 8. The van der Waals surface area contributed by atoms with Gasteiger partial charge in [-0.15, -0.1) is 0 Å². The summed E-state index contributed by atoms with van der Waals surface area (Å²) in [5.74, 6) is 0. The van der Waals surface area contributed by atoms with Gasteiger partial charge in [0, 0.05) is 61.2 Å². The van der Waals surface area contributed by atoms with Gasteiger partial charge in [-0.1, -0.05) is 239 Å². The van der Waals surface area contributed by atoms with Gasteiger partial charge in [-0.25, -0.2) is 0 Å². The minimum absolute atomic E-state index is 0.137. The Morgan fingerprint density at radius 2 is 0.382 bits per heavy atom. The van der Waals surface area contributed by atoms with Crippen molar-refractivity contribution in [2.24, 2.45) is 0 Å². The molecule has 0 atom stereocenters. The van der Waals surface area contributed by atoms with E-state index >= 15 is 0 Å². The molecule has 430 valence electrons. The van der Waals surface area contributed by atoms with Crippen LogP contribution in [0, 0.1) is 0 Å². The van der Waals surface area contributed by atoms with Gasteiger partial charge in [-0.3, -0.25) is 0 Å². The Labute approximate surface area is 525 Å². The second-order valence-corrected chi connectivity index (χ2v) is 28.5. The number of benzene rings is 12. The minimum atomic E-state index is -0.253. The first-order valence-corrected chi connectivity index (χ1v) is 32.0. The fourth-order valence-electron chi connectivity index (χ4n) is 17.0. The Kier molecular flexibility index (Phi) is 11.2. The summed E-state index contributed by atoms with van der Waals surface area (Å²) in [7, 11) is 0. The van der Waals surface area contributed by atoms with E-state index in [0.29, 0.717) is 0 Å². The van der Waals surface area contributed by atoms with Gasteiger partial charge in [0.15, 0.2) is 0 Å². The van der Waals surface area contributed by atoms with Crippen molar-refractivity contribution in [3.05, 3.63) is 310 Å². The highest BCUT2D eigenvalue weighted by molar-refractivity contribution is 5.93. The van der Waals surface area contributed by atoms with Crippen LogP contribution in [0.1, 0.15) is 125 Å². The lowest BCUT2D eigenvalue weighted by Crippen LogP contribution is -2.18. The third-order valence-corrected chi connectivity index (χ3v) is 21.9. The van der Waals surface area contributed by atoms with E-state index in [-0.39, 0.29) is 27.1 Å². The molecule has 5 aliphatic carbocycles. The van der Waals surface area contributed by atoms with Crippen molar-refractivity contribution in [2.75, 3.05) is 9.80 Å². The molecule has 0 spiro atoms. The Morgan fingerprint density at radius 1 is 0.169 bits per heavy atom. The summed E-state index contributed by atoms with van der Waals surface area (Å²) in [6, 6.07) is 97.5. The molecule has 0 saturated carbocycles. The first-order valence-electron chi connectivity index (χ1n) is 32.0. The lowest BCUT2D eigenvalue weighted by Gasteiger charge is -2.30. The molecule has 0 saturated heterocycles. The van der Waals surface area contributed by atoms with Gasteiger partial charge in [0.05, 0.1) is 0 Å². The quantitative estimate of drug-likeness (QED) is 0.150. The van der Waals surface area contributed by atoms with Gasteiger partial charge >= 0.3 is 0 Å². The highest BCUT2D eigenvalue weighted by Gasteiger charge is 2.41. The van der Waals surface area contributed by atoms with E-state index < -0.39 is 0 Å². The van der Waals surface area contributed by atoms with Crippen molar-refractivity contribution in [1.29, 1.82) is 0 Å². The van der Waals surface area contributed by atoms with Crippen LogP contribution in [0.3, 0.4) is 0 Å². The second-order valence-electron chi connectivity index (χ2n) is 28.5. The van der Waals surface area contributed by atoms with E-state index in [0.717, 1.165) is 34.1 Å². The Morgan fingerprint density at radius 3 is 0.674 bits per heavy atom. The van der Waals surface area contributed by atoms with Gasteiger partial charge in [0.2, 0.25) is 0 Å². The summed E-state index contributed by atoms with van der Waals surface area (Å²) < 4.78 is 0. The van der Waals surface area contributed by atoms with Crippen molar-refractivity contribution in [3.63, 3.8) is 0 Å². The average Bonchev–Trinajstić information content (AvgIpc) is 1.66. The van der Waals surface area contributed by atoms with E-state index in [2.05, 4.69) is 334 Å². The van der Waals surface area contributed by atoms with Crippen LogP contribution in [0.5, 0.6) is 0 Å². The zero-order valence-corrected chi connectivity index (χ0v) is 52.6. The predicted molar refractivity (Wildman–Crippen MR) is 375 cm³/mol. The number of hydrogen-bond acceptors (Lipinski definition) is 2. The normalized spacial score (nSPS) is 16.0. The van der Waals surface area contributed by atoms with Gasteiger partial charge in [-0.05, 0) is 218 Å². The standard InChI is InChI=1S/C87H72N2/c1-83(2)73-29-15-11-25-63(73)69-41-35-59(49-79(69)83)88(60-36-42-70-64-26-12-16-30-74(64)84(3,4)80(70)50-60)57-23-19-21-53(45-57)55-33-39-67-68-40-34-56(48-78(68)87(9,10)77(67)47-55)54-22-20-24-58(46-54)89(61-37-43-71-65-27-13-17-31-75(65)85(5,6)81(71)51-61)62-38-44-72-66-28-14-18-32-76(66)86(7,8)82(72)52-62/h11-52H,1-10H3. The Hall–Kier alpha value is -9.76. The number of hydrogen-bond donors (Lipinski definition) is 0. The maximum atomic E-state index is 2.50. The molecular weight excluding hydrogens is 1070 g/mol. The van der Waals surface area contributed by atoms with E-state index in [1.54, 1.807) is 0 Å². The van der Waals surface area contributed by atoms with Crippen molar-refractivity contribution < 1.29 is 0 Å². The van der Waals surface area contributed by atoms with Gasteiger partial charge < -0.3 is 9.80 Å². The lowest BCUT2D eigenvalue weighted by atomic mass is 9.80. The maximum Gasteiger partial charge on any atom is 0.0467 e. The SMILES string of the molecule is CC1(C)c2cc(-c3cccc(N(c4ccc5c(c4)C(C)(C)c4ccccc4-5)c4ccc5c(c4)C(C)(C)c4ccccc4-5)c3)ccc2-c2ccc(-c3cccc(N(c4ccc5c(c4)C(C)(C)c4ccccc4-5)c4ccc5c(c4)C(C)(C)c4ccccc4-5)c3)cc21. The fraction of sp³-hybridized carbons (Fsp3) is 0.172. The molecular formula is C87H72N2. The molecule has 89 heavy (non-hydrogen) atoms. The van der Waals surface area contributed by atoms with Crippen LogP contribution < -0.4 is 9.80 Å². The van der Waals surface area contributed by atoms with Gasteiger partial charge in [0.1, 0.15) is 0 Å². The average molecular weight is 1150 g/mol. The van der Waals surface area contributed by atoms with E-state index in [1.807, 2.05) is 0 Å². The molecule has 0 aromatic heterocycles. The zero-order chi connectivity index (χ0) is 60.7. The van der Waals surface area contributed by atoms with Crippen LogP contribution in [0.4, 0.5) is 34.1 Å². The van der Waals surface area contributed by atoms with E-state index in [1.165, 1.54) is 134 Å². The van der Waals surface area contributed by atoms with Crippen molar-refractivity contribution in [2.45, 2.75) is 96.3 Å². The predicted octanol–water partition coefficient (Wildman–Crippen LogP) is 23.5. The van der Waals surface area contributed by atoms with Crippen LogP contribution >= 0.6 is 0 Å². The van der Waals surface area contributed by atoms with Crippen molar-refractivity contribution in [1.82, 2.24) is 0 Å². The van der Waals surface area contributed by atoms with Crippen LogP contribution in [0.15, 0.2) is 255 Å². The summed E-state index contributed by atoms with van der Waals surface area (Å²) >= 11 is 0. The Bertz CT molecular complexity index is 4490. The van der Waals surface area contributed by atoms with Gasteiger partial charge in [-0.2, -0.15) is 0 Å². The third kappa shape index (κ3) is 7.62. The van der Waals surface area contributed by atoms with Crippen LogP contribution in [0.25, 0.3) is 77.9 Å². The molecule has 0 N–H and O–H groups in total. The van der Waals surface area contributed by atoms with Crippen molar-refractivity contribution in [3.8, 4) is 77.9 Å². The smallest absolute Gasteiger partial charge is 0.0467 e. The fourth-order valence-corrected chi connectivity index (χ4v) is 17.0. The van der Waals surface area contributed by atoms with Gasteiger partial charge in [0.25, 0.3) is 0 Å². The number of fused-ring (bicyclic) bond motifs is 15. The molecule has 12 aromatic rings. The molecule has 0 fully saturated rings. The topological polar surface area (TPSA) is 6.48 Å². The molecule has 5 aliphatic rings. The Balaban J connectivity index is 0.734. The minimum Gasteiger partial charge on any atom is -0.310 e. The summed E-state index contributed by atoms with van der Waals surface area (Å²) in [6.45, 7) is 23.9. The molecule has 0 aliphatic heterocycles. The molecule has 12 aromatic carbocycles. The van der Waals surface area contributed by atoms with Crippen LogP contribution in [-0.4, -0.2) is 0 Å².